The van der Waals surface area contributed by atoms with Crippen LogP contribution < -0.4 is 0 Å². The van der Waals surface area contributed by atoms with Crippen LogP contribution in [0, 0.1) is 11.8 Å². The van der Waals surface area contributed by atoms with E-state index in [-0.39, 0.29) is 12.5 Å². The maximum absolute atomic E-state index is 10.9. The van der Waals surface area contributed by atoms with Crippen LogP contribution in [0.3, 0.4) is 0 Å². The summed E-state index contributed by atoms with van der Waals surface area (Å²) < 4.78 is 26.7. The van der Waals surface area contributed by atoms with Gasteiger partial charge in [-0.3, -0.25) is 4.18 Å². The van der Waals surface area contributed by atoms with E-state index in [0.29, 0.717) is 11.8 Å². The second kappa shape index (κ2) is 7.23. The van der Waals surface area contributed by atoms with Gasteiger partial charge in [0, 0.05) is 0 Å². The van der Waals surface area contributed by atoms with Gasteiger partial charge in [-0.1, -0.05) is 52.0 Å². The van der Waals surface area contributed by atoms with Crippen molar-refractivity contribution in [3.63, 3.8) is 0 Å². The lowest BCUT2D eigenvalue weighted by Crippen LogP contribution is -2.13. The lowest BCUT2D eigenvalue weighted by atomic mass is 9.89. The Bertz CT molecular complexity index is 503. The third-order valence-corrected chi connectivity index (χ3v) is 4.22. The number of hydrogen-bond donors (Lipinski definition) is 0. The highest BCUT2D eigenvalue weighted by Crippen LogP contribution is 2.24. The topological polar surface area (TPSA) is 43.4 Å². The molecule has 0 heterocycles. The predicted molar refractivity (Wildman–Crippen MR) is 83.4 cm³/mol. The van der Waals surface area contributed by atoms with E-state index in [0.717, 1.165) is 12.7 Å². The summed E-state index contributed by atoms with van der Waals surface area (Å²) in [5.41, 5.74) is 2.57. The quantitative estimate of drug-likeness (QED) is 0.722. The highest BCUT2D eigenvalue weighted by Gasteiger charge is 2.11. The summed E-state index contributed by atoms with van der Waals surface area (Å²) in [6, 6.07) is 8.60. The third-order valence-electron chi connectivity index (χ3n) is 3.66. The third kappa shape index (κ3) is 6.06. The van der Waals surface area contributed by atoms with Crippen molar-refractivity contribution in [3.8, 4) is 0 Å². The van der Waals surface area contributed by atoms with Gasteiger partial charge in [0.25, 0.3) is 10.1 Å². The van der Waals surface area contributed by atoms with Crippen LogP contribution in [0.1, 0.15) is 44.7 Å². The summed E-state index contributed by atoms with van der Waals surface area (Å²) in [6.07, 6.45) is 1.91. The van der Waals surface area contributed by atoms with Crippen molar-refractivity contribution < 1.29 is 12.6 Å². The van der Waals surface area contributed by atoms with E-state index < -0.39 is 10.1 Å². The molecule has 0 N–H and O–H groups in total. The second-order valence-electron chi connectivity index (χ2n) is 6.07. The van der Waals surface area contributed by atoms with Crippen LogP contribution in [0.25, 0.3) is 0 Å². The molecule has 0 aromatic heterocycles. The Hall–Kier alpha value is -0.870. The molecule has 0 fully saturated rings. The Morgan fingerprint density at radius 2 is 1.60 bits per heavy atom. The van der Waals surface area contributed by atoms with Crippen molar-refractivity contribution in [1.82, 2.24) is 0 Å². The Morgan fingerprint density at radius 3 is 2.05 bits per heavy atom. The fourth-order valence-corrected chi connectivity index (χ4v) is 2.52. The van der Waals surface area contributed by atoms with Gasteiger partial charge in [-0.2, -0.15) is 8.42 Å². The second-order valence-corrected chi connectivity index (χ2v) is 7.72. The molecular formula is C16H26O3S. The van der Waals surface area contributed by atoms with Crippen molar-refractivity contribution in [2.75, 3.05) is 12.9 Å². The van der Waals surface area contributed by atoms with E-state index in [9.17, 15) is 8.42 Å². The molecular weight excluding hydrogens is 272 g/mol. The Labute approximate surface area is 123 Å². The van der Waals surface area contributed by atoms with E-state index in [1.54, 1.807) is 0 Å². The first kappa shape index (κ1) is 17.2. The maximum atomic E-state index is 10.9. The van der Waals surface area contributed by atoms with Crippen molar-refractivity contribution >= 4 is 10.1 Å². The molecule has 20 heavy (non-hydrogen) atoms. The minimum absolute atomic E-state index is 0.179. The smallest absolute Gasteiger partial charge is 0.264 e. The van der Waals surface area contributed by atoms with Crippen LogP contribution in [0.5, 0.6) is 0 Å². The van der Waals surface area contributed by atoms with Gasteiger partial charge < -0.3 is 0 Å². The summed E-state index contributed by atoms with van der Waals surface area (Å²) in [6.45, 7) is 8.92. The highest BCUT2D eigenvalue weighted by molar-refractivity contribution is 7.85. The summed E-state index contributed by atoms with van der Waals surface area (Å²) in [4.78, 5) is 0. The Morgan fingerprint density at radius 1 is 1.05 bits per heavy atom. The first-order chi connectivity index (χ1) is 9.19. The van der Waals surface area contributed by atoms with Gasteiger partial charge in [0.1, 0.15) is 0 Å². The van der Waals surface area contributed by atoms with Gasteiger partial charge in [0.05, 0.1) is 12.9 Å². The standard InChI is InChI=1S/C16H26O3S/c1-12(2)14(4)16-8-6-15(7-9-16)10-13(3)11-19-20(5,17)18/h6-9,12-14H,10-11H2,1-5H3. The maximum Gasteiger partial charge on any atom is 0.264 e. The molecule has 2 atom stereocenters. The van der Waals surface area contributed by atoms with Crippen molar-refractivity contribution in [3.05, 3.63) is 35.4 Å². The van der Waals surface area contributed by atoms with E-state index in [2.05, 4.69) is 45.0 Å². The molecule has 1 rings (SSSR count). The van der Waals surface area contributed by atoms with Crippen LogP contribution in [0.2, 0.25) is 0 Å². The van der Waals surface area contributed by atoms with E-state index in [1.165, 1.54) is 11.1 Å². The van der Waals surface area contributed by atoms with Crippen molar-refractivity contribution in [2.24, 2.45) is 11.8 Å². The molecule has 0 aliphatic rings. The molecule has 0 saturated heterocycles. The average Bonchev–Trinajstić information content (AvgIpc) is 2.35. The molecule has 0 saturated carbocycles. The Kier molecular flexibility index (Phi) is 6.21. The zero-order valence-corrected chi connectivity index (χ0v) is 13.9. The fraction of sp³-hybridized carbons (Fsp3) is 0.625. The van der Waals surface area contributed by atoms with Crippen LogP contribution in [-0.4, -0.2) is 21.3 Å². The fourth-order valence-electron chi connectivity index (χ4n) is 2.04. The molecule has 3 nitrogen and oxygen atoms in total. The predicted octanol–water partition coefficient (Wildman–Crippen LogP) is 3.60. The summed E-state index contributed by atoms with van der Waals surface area (Å²) in [5.74, 6) is 1.36. The largest absolute Gasteiger partial charge is 0.270 e. The van der Waals surface area contributed by atoms with E-state index in [1.807, 2.05) is 6.92 Å². The van der Waals surface area contributed by atoms with E-state index >= 15 is 0 Å². The first-order valence-corrected chi connectivity index (χ1v) is 8.94. The molecule has 1 aromatic rings. The molecule has 114 valence electrons. The molecule has 1 aromatic carbocycles. The molecule has 0 radical (unpaired) electrons. The van der Waals surface area contributed by atoms with Gasteiger partial charge in [-0.05, 0) is 35.3 Å². The normalized spacial score (nSPS) is 15.3. The highest BCUT2D eigenvalue weighted by atomic mass is 32.2. The van der Waals surface area contributed by atoms with Crippen LogP contribution in [0.4, 0.5) is 0 Å². The van der Waals surface area contributed by atoms with Crippen molar-refractivity contribution in [1.29, 1.82) is 0 Å². The summed E-state index contributed by atoms with van der Waals surface area (Å²) in [7, 11) is -3.34. The Balaban J connectivity index is 2.57. The van der Waals surface area contributed by atoms with Gasteiger partial charge in [0.2, 0.25) is 0 Å². The SMILES string of the molecule is CC(COS(C)(=O)=O)Cc1ccc(C(C)C(C)C)cc1. The molecule has 0 spiro atoms. The van der Waals surface area contributed by atoms with Crippen LogP contribution in [-0.2, 0) is 20.7 Å². The van der Waals surface area contributed by atoms with Gasteiger partial charge in [-0.15, -0.1) is 0 Å². The first-order valence-electron chi connectivity index (χ1n) is 7.12. The van der Waals surface area contributed by atoms with Gasteiger partial charge >= 0.3 is 0 Å². The number of rotatable bonds is 7. The molecule has 0 aliphatic heterocycles. The molecule has 0 bridgehead atoms. The minimum atomic E-state index is -3.34. The minimum Gasteiger partial charge on any atom is -0.270 e. The average molecular weight is 298 g/mol. The van der Waals surface area contributed by atoms with Crippen LogP contribution >= 0.6 is 0 Å². The molecule has 0 amide bonds. The number of benzene rings is 1. The monoisotopic (exact) mass is 298 g/mol. The summed E-state index contributed by atoms with van der Waals surface area (Å²) in [5, 5.41) is 0. The summed E-state index contributed by atoms with van der Waals surface area (Å²) >= 11 is 0. The zero-order valence-electron chi connectivity index (χ0n) is 13.1. The number of hydrogen-bond acceptors (Lipinski definition) is 3. The lowest BCUT2D eigenvalue weighted by Gasteiger charge is -2.17. The van der Waals surface area contributed by atoms with Crippen molar-refractivity contribution in [2.45, 2.75) is 40.0 Å². The van der Waals surface area contributed by atoms with E-state index in [4.69, 9.17) is 4.18 Å². The van der Waals surface area contributed by atoms with Gasteiger partial charge in [0.15, 0.2) is 0 Å². The molecule has 4 heteroatoms. The zero-order chi connectivity index (χ0) is 15.3. The van der Waals surface area contributed by atoms with Gasteiger partial charge in [-0.25, -0.2) is 0 Å². The molecule has 2 unspecified atom stereocenters. The molecule has 0 aliphatic carbocycles. The lowest BCUT2D eigenvalue weighted by molar-refractivity contribution is 0.266. The van der Waals surface area contributed by atoms with Crippen LogP contribution in [0.15, 0.2) is 24.3 Å².